The van der Waals surface area contributed by atoms with E-state index in [1.54, 1.807) is 0 Å². The van der Waals surface area contributed by atoms with Crippen LogP contribution in [0.2, 0.25) is 0 Å². The maximum absolute atomic E-state index is 13.8. The first-order valence-corrected chi connectivity index (χ1v) is 14.0. The summed E-state index contributed by atoms with van der Waals surface area (Å²) in [4.78, 5) is 17.5. The van der Waals surface area contributed by atoms with Gasteiger partial charge in [-0.15, -0.1) is 0 Å². The van der Waals surface area contributed by atoms with Crippen LogP contribution in [-0.2, 0) is 12.4 Å². The smallest absolute Gasteiger partial charge is 0.305 e. The monoisotopic (exact) mass is 574 g/mol. The van der Waals surface area contributed by atoms with Gasteiger partial charge in [0.2, 0.25) is 0 Å². The molecule has 1 amide bonds. The molecule has 3 aromatic carbocycles. The molecule has 5 rings (SSSR count). The Labute approximate surface area is 235 Å². The SMILES string of the molecule is O=C(c1cccc(C(F)(F)F)c1)N(c1cccc(C(F)(F)F)c1)C1CCN([C@@H]2CCCC[C@@H]2c2ccccc2)CC1. The molecule has 2 aliphatic rings. The lowest BCUT2D eigenvalue weighted by atomic mass is 9.78. The fraction of sp³-hybridized carbons (Fsp3) is 0.406. The third-order valence-corrected chi connectivity index (χ3v) is 8.40. The first kappa shape index (κ1) is 29.2. The van der Waals surface area contributed by atoms with Crippen molar-refractivity contribution in [3.8, 4) is 0 Å². The van der Waals surface area contributed by atoms with Crippen LogP contribution < -0.4 is 4.90 Å². The Morgan fingerprint density at radius 2 is 1.32 bits per heavy atom. The molecule has 3 aromatic rings. The van der Waals surface area contributed by atoms with E-state index >= 15 is 0 Å². The zero-order chi connectivity index (χ0) is 29.2. The number of nitrogens with zero attached hydrogens (tertiary/aromatic N) is 2. The van der Waals surface area contributed by atoms with Crippen LogP contribution in [0.4, 0.5) is 32.0 Å². The number of amides is 1. The molecule has 2 fully saturated rings. The highest BCUT2D eigenvalue weighted by atomic mass is 19.4. The van der Waals surface area contributed by atoms with Gasteiger partial charge in [0.15, 0.2) is 0 Å². The van der Waals surface area contributed by atoms with Gasteiger partial charge in [0.05, 0.1) is 11.1 Å². The van der Waals surface area contributed by atoms with E-state index in [9.17, 15) is 31.1 Å². The summed E-state index contributed by atoms with van der Waals surface area (Å²) in [5, 5.41) is 0. The van der Waals surface area contributed by atoms with Gasteiger partial charge in [-0.05, 0) is 73.6 Å². The lowest BCUT2D eigenvalue weighted by molar-refractivity contribution is -0.138. The van der Waals surface area contributed by atoms with E-state index in [1.807, 2.05) is 18.2 Å². The van der Waals surface area contributed by atoms with Crippen LogP contribution in [0, 0.1) is 0 Å². The average molecular weight is 575 g/mol. The van der Waals surface area contributed by atoms with Crippen molar-refractivity contribution in [2.24, 2.45) is 0 Å². The Balaban J connectivity index is 1.42. The first-order valence-electron chi connectivity index (χ1n) is 14.0. The van der Waals surface area contributed by atoms with Gasteiger partial charge in [0.1, 0.15) is 0 Å². The predicted molar refractivity (Wildman–Crippen MR) is 146 cm³/mol. The number of anilines is 1. The van der Waals surface area contributed by atoms with Crippen LogP contribution in [0.25, 0.3) is 0 Å². The van der Waals surface area contributed by atoms with Crippen LogP contribution in [0.3, 0.4) is 0 Å². The van der Waals surface area contributed by atoms with Crippen LogP contribution in [-0.4, -0.2) is 36.0 Å². The zero-order valence-electron chi connectivity index (χ0n) is 22.5. The Bertz CT molecular complexity index is 1330. The fourth-order valence-corrected chi connectivity index (χ4v) is 6.41. The summed E-state index contributed by atoms with van der Waals surface area (Å²) < 4.78 is 81.0. The Morgan fingerprint density at radius 1 is 0.707 bits per heavy atom. The quantitative estimate of drug-likeness (QED) is 0.285. The average Bonchev–Trinajstić information content (AvgIpc) is 2.97. The molecule has 3 nitrogen and oxygen atoms in total. The summed E-state index contributed by atoms with van der Waals surface area (Å²) in [5.74, 6) is -0.360. The topological polar surface area (TPSA) is 23.6 Å². The summed E-state index contributed by atoms with van der Waals surface area (Å²) in [6, 6.07) is 18.8. The van der Waals surface area contributed by atoms with Crippen molar-refractivity contribution in [2.45, 2.75) is 68.9 Å². The number of alkyl halides is 6. The summed E-state index contributed by atoms with van der Waals surface area (Å²) in [6.07, 6.45) is -3.88. The molecular formula is C32H32F6N2O. The van der Waals surface area contributed by atoms with Crippen molar-refractivity contribution in [1.82, 2.24) is 4.90 Å². The molecule has 218 valence electrons. The van der Waals surface area contributed by atoms with E-state index in [-0.39, 0.29) is 11.3 Å². The minimum atomic E-state index is -4.65. The summed E-state index contributed by atoms with van der Waals surface area (Å²) in [7, 11) is 0. The third kappa shape index (κ3) is 6.61. The Morgan fingerprint density at radius 3 is 1.98 bits per heavy atom. The van der Waals surface area contributed by atoms with E-state index in [2.05, 4.69) is 17.0 Å². The maximum atomic E-state index is 13.8. The maximum Gasteiger partial charge on any atom is 0.416 e. The number of halogens is 6. The van der Waals surface area contributed by atoms with E-state index < -0.39 is 35.4 Å². The van der Waals surface area contributed by atoms with Gasteiger partial charge in [0, 0.05) is 36.4 Å². The number of benzene rings is 3. The van der Waals surface area contributed by atoms with Crippen molar-refractivity contribution in [1.29, 1.82) is 0 Å². The molecule has 1 saturated carbocycles. The molecule has 9 heteroatoms. The van der Waals surface area contributed by atoms with Gasteiger partial charge in [-0.3, -0.25) is 9.69 Å². The van der Waals surface area contributed by atoms with Gasteiger partial charge in [-0.25, -0.2) is 0 Å². The highest BCUT2D eigenvalue weighted by Gasteiger charge is 2.38. The summed E-state index contributed by atoms with van der Waals surface area (Å²) >= 11 is 0. The molecule has 0 radical (unpaired) electrons. The van der Waals surface area contributed by atoms with Crippen molar-refractivity contribution < 1.29 is 31.1 Å². The molecule has 41 heavy (non-hydrogen) atoms. The predicted octanol–water partition coefficient (Wildman–Crippen LogP) is 8.56. The Kier molecular flexibility index (Phi) is 8.45. The zero-order valence-corrected chi connectivity index (χ0v) is 22.5. The van der Waals surface area contributed by atoms with Gasteiger partial charge < -0.3 is 4.90 Å². The molecule has 0 bridgehead atoms. The summed E-state index contributed by atoms with van der Waals surface area (Å²) in [6.45, 7) is 1.29. The van der Waals surface area contributed by atoms with Crippen LogP contribution in [0.1, 0.15) is 71.5 Å². The van der Waals surface area contributed by atoms with E-state index in [0.29, 0.717) is 37.9 Å². The molecular weight excluding hydrogens is 542 g/mol. The molecule has 0 aromatic heterocycles. The van der Waals surface area contributed by atoms with Crippen LogP contribution >= 0.6 is 0 Å². The molecule has 1 heterocycles. The van der Waals surface area contributed by atoms with E-state index in [4.69, 9.17) is 0 Å². The number of piperidine rings is 1. The molecule has 0 unspecified atom stereocenters. The first-order chi connectivity index (χ1) is 19.5. The largest absolute Gasteiger partial charge is 0.416 e. The van der Waals surface area contributed by atoms with Crippen LogP contribution in [0.15, 0.2) is 78.9 Å². The fourth-order valence-electron chi connectivity index (χ4n) is 6.41. The van der Waals surface area contributed by atoms with Gasteiger partial charge in [-0.2, -0.15) is 26.3 Å². The van der Waals surface area contributed by atoms with Crippen molar-refractivity contribution >= 4 is 11.6 Å². The van der Waals surface area contributed by atoms with Gasteiger partial charge >= 0.3 is 12.4 Å². The number of hydrogen-bond donors (Lipinski definition) is 0. The van der Waals surface area contributed by atoms with Crippen molar-refractivity contribution in [2.75, 3.05) is 18.0 Å². The molecule has 1 saturated heterocycles. The normalized spacial score (nSPS) is 21.0. The van der Waals surface area contributed by atoms with Gasteiger partial charge in [0.25, 0.3) is 5.91 Å². The van der Waals surface area contributed by atoms with Gasteiger partial charge in [-0.1, -0.05) is 55.3 Å². The number of rotatable bonds is 5. The lowest BCUT2D eigenvalue weighted by Gasteiger charge is -2.45. The van der Waals surface area contributed by atoms with E-state index in [1.165, 1.54) is 28.7 Å². The Hall–Kier alpha value is -3.33. The number of likely N-dealkylation sites (tertiary alicyclic amines) is 1. The highest BCUT2D eigenvalue weighted by molar-refractivity contribution is 6.06. The second-order valence-corrected chi connectivity index (χ2v) is 10.9. The minimum Gasteiger partial charge on any atom is -0.305 e. The summed E-state index contributed by atoms with van der Waals surface area (Å²) in [5.41, 5.74) is -0.783. The molecule has 0 N–H and O–H groups in total. The van der Waals surface area contributed by atoms with Crippen molar-refractivity contribution in [3.05, 3.63) is 101 Å². The van der Waals surface area contributed by atoms with E-state index in [0.717, 1.165) is 56.0 Å². The molecule has 1 aliphatic carbocycles. The second-order valence-electron chi connectivity index (χ2n) is 10.9. The second kappa shape index (κ2) is 11.9. The van der Waals surface area contributed by atoms with Crippen molar-refractivity contribution in [3.63, 3.8) is 0 Å². The highest BCUT2D eigenvalue weighted by Crippen LogP contribution is 2.39. The molecule has 1 aliphatic heterocycles. The number of carbonyl (C=O) groups is 1. The standard InChI is InChI=1S/C32H32F6N2O/c33-31(34,35)24-11-6-10-23(20-24)30(41)40(27-13-7-12-25(21-27)32(36,37)38)26-16-18-39(19-17-26)29-15-5-4-14-28(29)22-8-2-1-3-9-22/h1-3,6-13,20-21,26,28-29H,4-5,14-19H2/t28-,29-/m1/s1. The number of carbonyl (C=O) groups excluding carboxylic acids is 1. The number of hydrogen-bond acceptors (Lipinski definition) is 2. The third-order valence-electron chi connectivity index (χ3n) is 8.40. The van der Waals surface area contributed by atoms with Crippen LogP contribution in [0.5, 0.6) is 0 Å². The lowest BCUT2D eigenvalue weighted by Crippen LogP contribution is -2.51. The molecule has 2 atom stereocenters. The molecule has 0 spiro atoms. The minimum absolute atomic E-state index is 0.0283.